The van der Waals surface area contributed by atoms with Gasteiger partial charge >= 0.3 is 0 Å². The number of carbonyl (C=O) groups excluding carboxylic acids is 1. The molecule has 0 aromatic heterocycles. The van der Waals surface area contributed by atoms with Gasteiger partial charge in [0.25, 0.3) is 0 Å². The zero-order chi connectivity index (χ0) is 27.9. The summed E-state index contributed by atoms with van der Waals surface area (Å²) in [5.41, 5.74) is 3.78. The Hall–Kier alpha value is -2.45. The van der Waals surface area contributed by atoms with Crippen LogP contribution in [0.25, 0.3) is 10.8 Å². The van der Waals surface area contributed by atoms with Crippen LogP contribution in [0.5, 0.6) is 5.75 Å². The predicted molar refractivity (Wildman–Crippen MR) is 159 cm³/mol. The maximum Gasteiger partial charge on any atom is 0.243 e. The van der Waals surface area contributed by atoms with Crippen molar-refractivity contribution in [1.29, 1.82) is 0 Å². The van der Waals surface area contributed by atoms with E-state index in [-0.39, 0.29) is 12.2 Å². The Labute approximate surface area is 235 Å². The van der Waals surface area contributed by atoms with E-state index in [1.54, 1.807) is 0 Å². The molecule has 2 aromatic carbocycles. The van der Waals surface area contributed by atoms with Crippen molar-refractivity contribution in [3.8, 4) is 5.75 Å². The lowest BCUT2D eigenvalue weighted by molar-refractivity contribution is -0.200. The fraction of sp³-hybridized carbons (Fsp3) is 0.594. The summed E-state index contributed by atoms with van der Waals surface area (Å²) in [7, 11) is 0. The first-order chi connectivity index (χ1) is 18.9. The molecule has 1 heterocycles. The van der Waals surface area contributed by atoms with Crippen LogP contribution in [0, 0.1) is 0 Å². The number of nitrogens with one attached hydrogen (secondary N) is 2. The highest BCUT2D eigenvalue weighted by atomic mass is 16.8. The molecule has 39 heavy (non-hydrogen) atoms. The highest BCUT2D eigenvalue weighted by Crippen LogP contribution is 2.25. The third kappa shape index (κ3) is 11.3. The zero-order valence-electron chi connectivity index (χ0n) is 24.4. The number of nitrogens with zero attached hydrogens (tertiary/aromatic N) is 1. The van der Waals surface area contributed by atoms with Crippen LogP contribution in [0.15, 0.2) is 54.1 Å². The van der Waals surface area contributed by atoms with Gasteiger partial charge in [0.2, 0.25) is 5.91 Å². The van der Waals surface area contributed by atoms with Crippen molar-refractivity contribution in [1.82, 2.24) is 15.7 Å². The zero-order valence-corrected chi connectivity index (χ0v) is 24.4. The maximum atomic E-state index is 12.1. The van der Waals surface area contributed by atoms with Crippen molar-refractivity contribution in [2.75, 3.05) is 32.8 Å². The molecule has 2 N–H and O–H groups in total. The van der Waals surface area contributed by atoms with Crippen molar-refractivity contribution >= 4 is 16.7 Å². The molecule has 0 radical (unpaired) electrons. The molecule has 0 aliphatic carbocycles. The number of carbonyl (C=O) groups is 1. The van der Waals surface area contributed by atoms with Crippen molar-refractivity contribution in [2.24, 2.45) is 0 Å². The lowest BCUT2D eigenvalue weighted by Crippen LogP contribution is -2.41. The summed E-state index contributed by atoms with van der Waals surface area (Å²) in [6, 6.07) is 15.5. The Kier molecular flexibility index (Phi) is 13.8. The molecule has 7 heteroatoms. The highest BCUT2D eigenvalue weighted by molar-refractivity contribution is 5.88. The van der Waals surface area contributed by atoms with Crippen molar-refractivity contribution in [2.45, 2.75) is 91.0 Å². The molecule has 1 saturated heterocycles. The minimum atomic E-state index is -0.310. The minimum absolute atomic E-state index is 0.0887. The van der Waals surface area contributed by atoms with Crippen LogP contribution >= 0.6 is 0 Å². The molecular formula is C32H49N3O4. The monoisotopic (exact) mass is 539 g/mol. The lowest BCUT2D eigenvalue weighted by atomic mass is 10.1. The van der Waals surface area contributed by atoms with E-state index in [9.17, 15) is 4.79 Å². The van der Waals surface area contributed by atoms with Crippen LogP contribution in [-0.4, -0.2) is 62.0 Å². The van der Waals surface area contributed by atoms with E-state index in [2.05, 4.69) is 73.7 Å². The number of amides is 1. The standard InChI is InChI=1S/C32H49N3O4/c1-25(2)35(26(3)4)21-20-33-23-27(24-38-30-17-12-15-28-14-8-9-16-29(28)30)13-6-5-7-18-31(36)34-39-32-19-10-11-22-37-32/h8-9,12-17,25-26,32-33H,5-7,10-11,18-24H2,1-4H3,(H,34,36)/b27-13-. The molecule has 1 fully saturated rings. The number of allylic oxidation sites excluding steroid dienone is 1. The van der Waals surface area contributed by atoms with Gasteiger partial charge in [-0.05, 0) is 76.8 Å². The Morgan fingerprint density at radius 1 is 1.08 bits per heavy atom. The first-order valence-corrected chi connectivity index (χ1v) is 14.7. The Balaban J connectivity index is 1.47. The SMILES string of the molecule is CC(C)N(CCNC/C(=C/CCCCC(=O)NOC1CCCCO1)COc1cccc2ccccc12)C(C)C. The molecule has 2 aromatic rings. The Bertz CT molecular complexity index is 1000. The third-order valence-electron chi connectivity index (χ3n) is 7.12. The van der Waals surface area contributed by atoms with Gasteiger partial charge < -0.3 is 14.8 Å². The van der Waals surface area contributed by atoms with E-state index in [4.69, 9.17) is 14.3 Å². The normalized spacial score (nSPS) is 16.4. The van der Waals surface area contributed by atoms with Crippen LogP contribution in [0.2, 0.25) is 0 Å². The average Bonchev–Trinajstić information content (AvgIpc) is 2.94. The smallest absolute Gasteiger partial charge is 0.243 e. The second-order valence-corrected chi connectivity index (χ2v) is 10.9. The van der Waals surface area contributed by atoms with Crippen LogP contribution in [0.4, 0.5) is 0 Å². The first kappa shape index (κ1) is 31.1. The van der Waals surface area contributed by atoms with Crippen LogP contribution in [0.1, 0.15) is 72.6 Å². The summed E-state index contributed by atoms with van der Waals surface area (Å²) in [4.78, 5) is 20.0. The number of hydrogen-bond donors (Lipinski definition) is 2. The minimum Gasteiger partial charge on any atom is -0.489 e. The van der Waals surface area contributed by atoms with Gasteiger partial charge in [0.15, 0.2) is 6.29 Å². The number of hydrogen-bond acceptors (Lipinski definition) is 6. The fourth-order valence-corrected chi connectivity index (χ4v) is 4.97. The third-order valence-corrected chi connectivity index (χ3v) is 7.12. The van der Waals surface area contributed by atoms with E-state index < -0.39 is 0 Å². The van der Waals surface area contributed by atoms with Crippen molar-refractivity contribution in [3.63, 3.8) is 0 Å². The van der Waals surface area contributed by atoms with Gasteiger partial charge in [0.05, 0.1) is 0 Å². The number of fused-ring (bicyclic) bond motifs is 1. The first-order valence-electron chi connectivity index (χ1n) is 14.7. The van der Waals surface area contributed by atoms with Gasteiger partial charge in [-0.25, -0.2) is 10.3 Å². The van der Waals surface area contributed by atoms with E-state index in [0.717, 1.165) is 69.3 Å². The number of rotatable bonds is 17. The average molecular weight is 540 g/mol. The van der Waals surface area contributed by atoms with Crippen molar-refractivity contribution < 1.29 is 19.1 Å². The summed E-state index contributed by atoms with van der Waals surface area (Å²) >= 11 is 0. The molecule has 1 aliphatic heterocycles. The molecule has 0 spiro atoms. The maximum absolute atomic E-state index is 12.1. The van der Waals surface area contributed by atoms with E-state index in [0.29, 0.717) is 31.7 Å². The number of ether oxygens (including phenoxy) is 2. The fourth-order valence-electron chi connectivity index (χ4n) is 4.97. The molecule has 1 amide bonds. The molecule has 1 unspecified atom stereocenters. The van der Waals surface area contributed by atoms with Gasteiger partial charge in [-0.1, -0.05) is 42.5 Å². The predicted octanol–water partition coefficient (Wildman–Crippen LogP) is 5.99. The lowest BCUT2D eigenvalue weighted by Gasteiger charge is -2.30. The van der Waals surface area contributed by atoms with Crippen LogP contribution in [-0.2, 0) is 14.4 Å². The van der Waals surface area contributed by atoms with E-state index in [1.165, 1.54) is 11.0 Å². The molecule has 1 atom stereocenters. The summed E-state index contributed by atoms with van der Waals surface area (Å²) < 4.78 is 11.8. The molecule has 7 nitrogen and oxygen atoms in total. The highest BCUT2D eigenvalue weighted by Gasteiger charge is 2.15. The Morgan fingerprint density at radius 3 is 2.64 bits per heavy atom. The summed E-state index contributed by atoms with van der Waals surface area (Å²) in [6.45, 7) is 12.9. The van der Waals surface area contributed by atoms with Gasteiger partial charge in [-0.15, -0.1) is 0 Å². The van der Waals surface area contributed by atoms with E-state index in [1.807, 2.05) is 18.2 Å². The number of unbranched alkanes of at least 4 members (excludes halogenated alkanes) is 2. The van der Waals surface area contributed by atoms with Crippen LogP contribution in [0.3, 0.4) is 0 Å². The number of hydroxylamine groups is 1. The van der Waals surface area contributed by atoms with E-state index >= 15 is 0 Å². The van der Waals surface area contributed by atoms with Gasteiger partial charge in [0.1, 0.15) is 12.4 Å². The largest absolute Gasteiger partial charge is 0.489 e. The second-order valence-electron chi connectivity index (χ2n) is 10.9. The summed E-state index contributed by atoms with van der Waals surface area (Å²) in [5, 5.41) is 5.93. The topological polar surface area (TPSA) is 72.1 Å². The molecule has 3 rings (SSSR count). The molecule has 1 aliphatic rings. The van der Waals surface area contributed by atoms with Crippen LogP contribution < -0.4 is 15.5 Å². The second kappa shape index (κ2) is 17.3. The van der Waals surface area contributed by atoms with Gasteiger partial charge in [0, 0.05) is 56.6 Å². The molecule has 0 bridgehead atoms. The molecule has 0 saturated carbocycles. The Morgan fingerprint density at radius 2 is 1.87 bits per heavy atom. The number of benzene rings is 2. The molecule has 216 valence electrons. The summed E-state index contributed by atoms with van der Waals surface area (Å²) in [6.07, 6.45) is 8.00. The molecular weight excluding hydrogens is 490 g/mol. The van der Waals surface area contributed by atoms with Gasteiger partial charge in [-0.3, -0.25) is 9.69 Å². The summed E-state index contributed by atoms with van der Waals surface area (Å²) in [5.74, 6) is 0.817. The van der Waals surface area contributed by atoms with Gasteiger partial charge in [-0.2, -0.15) is 0 Å². The van der Waals surface area contributed by atoms with Crippen molar-refractivity contribution in [3.05, 3.63) is 54.1 Å². The quantitative estimate of drug-likeness (QED) is 0.146.